The minimum Gasteiger partial charge on any atom is -0.481 e. The van der Waals surface area contributed by atoms with E-state index >= 15 is 0 Å². The van der Waals surface area contributed by atoms with E-state index in [4.69, 9.17) is 16.7 Å². The van der Waals surface area contributed by atoms with Gasteiger partial charge < -0.3 is 10.0 Å². The van der Waals surface area contributed by atoms with Crippen LogP contribution < -0.4 is 4.90 Å². The summed E-state index contributed by atoms with van der Waals surface area (Å²) in [4.78, 5) is 16.0. The van der Waals surface area contributed by atoms with E-state index < -0.39 is 23.8 Å². The summed E-state index contributed by atoms with van der Waals surface area (Å²) in [5.74, 6) is -1.26. The van der Waals surface area contributed by atoms with Gasteiger partial charge in [0.1, 0.15) is 10.8 Å². The quantitative estimate of drug-likeness (QED) is 0.846. The molecule has 24 heavy (non-hydrogen) atoms. The van der Waals surface area contributed by atoms with E-state index in [1.807, 2.05) is 4.90 Å². The lowest BCUT2D eigenvalue weighted by atomic mass is 9.98. The summed E-state index contributed by atoms with van der Waals surface area (Å²) in [5, 5.41) is 8.68. The molecule has 3 rings (SSSR count). The van der Waals surface area contributed by atoms with Crippen molar-refractivity contribution in [2.24, 2.45) is 5.92 Å². The molecular formula is C16H12ClF3N2O2. The fourth-order valence-corrected chi connectivity index (χ4v) is 2.75. The highest BCUT2D eigenvalue weighted by molar-refractivity contribution is 6.29. The van der Waals surface area contributed by atoms with Gasteiger partial charge in [-0.05, 0) is 35.4 Å². The van der Waals surface area contributed by atoms with Crippen LogP contribution in [0.5, 0.6) is 0 Å². The Morgan fingerprint density at radius 2 is 1.92 bits per heavy atom. The van der Waals surface area contributed by atoms with Crippen LogP contribution in [0.25, 0.3) is 11.1 Å². The van der Waals surface area contributed by atoms with Crippen LogP contribution >= 0.6 is 11.6 Å². The van der Waals surface area contributed by atoms with Crippen LogP contribution in [0.4, 0.5) is 18.9 Å². The van der Waals surface area contributed by atoms with E-state index in [1.54, 1.807) is 24.3 Å². The maximum Gasteiger partial charge on any atom is 0.433 e. The molecule has 1 aliphatic rings. The molecule has 0 saturated carbocycles. The Morgan fingerprint density at radius 3 is 2.54 bits per heavy atom. The molecule has 2 aromatic rings. The average Bonchev–Trinajstić information content (AvgIpc) is 2.44. The molecule has 1 fully saturated rings. The Bertz CT molecular complexity index is 789. The molecule has 1 aromatic heterocycles. The number of benzene rings is 1. The first kappa shape index (κ1) is 16.6. The number of hydrogen-bond donors (Lipinski definition) is 1. The summed E-state index contributed by atoms with van der Waals surface area (Å²) in [6.07, 6.45) is -4.58. The topological polar surface area (TPSA) is 53.4 Å². The van der Waals surface area contributed by atoms with Crippen molar-refractivity contribution in [3.05, 3.63) is 47.2 Å². The number of hydrogen-bond acceptors (Lipinski definition) is 3. The van der Waals surface area contributed by atoms with Gasteiger partial charge in [0.15, 0.2) is 0 Å². The van der Waals surface area contributed by atoms with Crippen LogP contribution in [-0.2, 0) is 11.0 Å². The summed E-state index contributed by atoms with van der Waals surface area (Å²) in [6.45, 7) is 0.757. The van der Waals surface area contributed by atoms with Crippen molar-refractivity contribution in [3.63, 3.8) is 0 Å². The first-order valence-electron chi connectivity index (χ1n) is 7.07. The van der Waals surface area contributed by atoms with E-state index in [-0.39, 0.29) is 5.15 Å². The largest absolute Gasteiger partial charge is 0.481 e. The molecule has 1 saturated heterocycles. The molecule has 0 bridgehead atoms. The minimum absolute atomic E-state index is 0.236. The van der Waals surface area contributed by atoms with Crippen LogP contribution in [0, 0.1) is 5.92 Å². The normalized spacial score (nSPS) is 15.2. The zero-order chi connectivity index (χ0) is 17.5. The van der Waals surface area contributed by atoms with Gasteiger partial charge in [-0.1, -0.05) is 23.7 Å². The van der Waals surface area contributed by atoms with Crippen molar-refractivity contribution in [1.29, 1.82) is 0 Å². The number of carbonyl (C=O) groups is 1. The van der Waals surface area contributed by atoms with Crippen LogP contribution in [0.3, 0.4) is 0 Å². The Kier molecular flexibility index (Phi) is 4.13. The van der Waals surface area contributed by atoms with Gasteiger partial charge >= 0.3 is 12.1 Å². The highest BCUT2D eigenvalue weighted by Gasteiger charge is 2.34. The second kappa shape index (κ2) is 5.98. The first-order valence-corrected chi connectivity index (χ1v) is 7.45. The third kappa shape index (κ3) is 3.31. The van der Waals surface area contributed by atoms with Gasteiger partial charge in [0.25, 0.3) is 0 Å². The van der Waals surface area contributed by atoms with Crippen molar-refractivity contribution >= 4 is 23.3 Å². The van der Waals surface area contributed by atoms with Crippen LogP contribution in [0.1, 0.15) is 5.69 Å². The fraction of sp³-hybridized carbons (Fsp3) is 0.250. The third-order valence-electron chi connectivity index (χ3n) is 3.86. The molecule has 0 radical (unpaired) electrons. The Balaban J connectivity index is 1.90. The number of pyridine rings is 1. The van der Waals surface area contributed by atoms with Gasteiger partial charge in [0.05, 0.1) is 5.92 Å². The van der Waals surface area contributed by atoms with Crippen molar-refractivity contribution < 1.29 is 23.1 Å². The molecule has 0 unspecified atom stereocenters. The zero-order valence-electron chi connectivity index (χ0n) is 12.2. The van der Waals surface area contributed by atoms with E-state index in [1.165, 1.54) is 6.07 Å². The Hall–Kier alpha value is -2.28. The maximum absolute atomic E-state index is 12.9. The number of halogens is 4. The molecule has 8 heteroatoms. The molecule has 0 amide bonds. The number of nitrogens with zero attached hydrogens (tertiary/aromatic N) is 2. The number of aromatic nitrogens is 1. The van der Waals surface area contributed by atoms with E-state index in [0.29, 0.717) is 24.2 Å². The van der Waals surface area contributed by atoms with Gasteiger partial charge in [-0.25, -0.2) is 4.98 Å². The van der Waals surface area contributed by atoms with E-state index in [2.05, 4.69) is 4.98 Å². The number of alkyl halides is 3. The van der Waals surface area contributed by atoms with Gasteiger partial charge in [0.2, 0.25) is 0 Å². The van der Waals surface area contributed by atoms with Crippen molar-refractivity contribution in [2.45, 2.75) is 6.18 Å². The molecule has 4 nitrogen and oxygen atoms in total. The second-order valence-corrected chi connectivity index (χ2v) is 5.94. The number of aliphatic carboxylic acids is 1. The lowest BCUT2D eigenvalue weighted by molar-refractivity contribution is -0.142. The number of carboxylic acid groups (broad SMARTS) is 1. The zero-order valence-corrected chi connectivity index (χ0v) is 13.0. The molecule has 2 heterocycles. The summed E-state index contributed by atoms with van der Waals surface area (Å²) in [7, 11) is 0. The van der Waals surface area contributed by atoms with Crippen molar-refractivity contribution in [3.8, 4) is 11.1 Å². The lowest BCUT2D eigenvalue weighted by Gasteiger charge is -2.38. The predicted octanol–water partition coefficient (Wildman–Crippen LogP) is 3.94. The summed E-state index contributed by atoms with van der Waals surface area (Å²) < 4.78 is 38.6. The van der Waals surface area contributed by atoms with Gasteiger partial charge in [-0.2, -0.15) is 13.2 Å². The van der Waals surface area contributed by atoms with Gasteiger partial charge in [0, 0.05) is 18.8 Å². The second-order valence-electron chi connectivity index (χ2n) is 5.55. The highest BCUT2D eigenvalue weighted by Crippen LogP contribution is 2.34. The van der Waals surface area contributed by atoms with Crippen molar-refractivity contribution in [2.75, 3.05) is 18.0 Å². The van der Waals surface area contributed by atoms with Crippen LogP contribution in [-0.4, -0.2) is 29.1 Å². The highest BCUT2D eigenvalue weighted by atomic mass is 35.5. The SMILES string of the molecule is O=C(O)C1CN(c2cccc(-c3cc(Cl)nc(C(F)(F)F)c3)c2)C1. The summed E-state index contributed by atoms with van der Waals surface area (Å²) >= 11 is 5.71. The van der Waals surface area contributed by atoms with E-state index in [9.17, 15) is 18.0 Å². The molecule has 1 N–H and O–H groups in total. The number of carboxylic acids is 1. The molecule has 1 aliphatic heterocycles. The summed E-state index contributed by atoms with van der Waals surface area (Å²) in [5.41, 5.74) is 0.567. The standard InChI is InChI=1S/C16H12ClF3N2O2/c17-14-6-10(5-13(21-14)16(18,19)20)9-2-1-3-12(4-9)22-7-11(8-22)15(23)24/h1-6,11H,7-8H2,(H,23,24). The molecule has 0 atom stereocenters. The van der Waals surface area contributed by atoms with Crippen LogP contribution in [0.2, 0.25) is 5.15 Å². The number of rotatable bonds is 3. The van der Waals surface area contributed by atoms with E-state index in [0.717, 1.165) is 11.8 Å². The molecule has 1 aromatic carbocycles. The fourth-order valence-electron chi connectivity index (χ4n) is 2.54. The van der Waals surface area contributed by atoms with Crippen LogP contribution in [0.15, 0.2) is 36.4 Å². The molecule has 0 aliphatic carbocycles. The predicted molar refractivity (Wildman–Crippen MR) is 83.0 cm³/mol. The number of anilines is 1. The molecule has 0 spiro atoms. The smallest absolute Gasteiger partial charge is 0.433 e. The summed E-state index contributed by atoms with van der Waals surface area (Å²) in [6, 6.07) is 9.19. The monoisotopic (exact) mass is 356 g/mol. The average molecular weight is 357 g/mol. The Labute approximate surface area is 140 Å². The Morgan fingerprint density at radius 1 is 1.21 bits per heavy atom. The van der Waals surface area contributed by atoms with Gasteiger partial charge in [-0.15, -0.1) is 0 Å². The maximum atomic E-state index is 12.9. The molecule has 126 valence electrons. The van der Waals surface area contributed by atoms with Gasteiger partial charge in [-0.3, -0.25) is 4.79 Å². The lowest BCUT2D eigenvalue weighted by Crippen LogP contribution is -2.50. The third-order valence-corrected chi connectivity index (χ3v) is 4.05. The molecular weight excluding hydrogens is 345 g/mol. The van der Waals surface area contributed by atoms with Crippen molar-refractivity contribution in [1.82, 2.24) is 4.98 Å². The first-order chi connectivity index (χ1) is 11.2. The minimum atomic E-state index is -4.58.